The molecule has 3 aromatic rings. The number of nitrogens with one attached hydrogen (secondary N) is 1. The molecule has 0 amide bonds. The third kappa shape index (κ3) is 3.68. The van der Waals surface area contributed by atoms with E-state index < -0.39 is 0 Å². The maximum Gasteiger partial charge on any atom is 0.193 e. The van der Waals surface area contributed by atoms with Gasteiger partial charge in [-0.25, -0.2) is 0 Å². The lowest BCUT2D eigenvalue weighted by molar-refractivity contribution is 0.477. The Hall–Kier alpha value is -2.41. The van der Waals surface area contributed by atoms with Gasteiger partial charge in [0.15, 0.2) is 11.6 Å². The molecule has 3 heterocycles. The average molecular weight is 328 g/mol. The predicted octanol–water partition coefficient (Wildman–Crippen LogP) is 2.04. The smallest absolute Gasteiger partial charge is 0.193 e. The normalized spacial score (nSPS) is 11.8. The van der Waals surface area contributed by atoms with Crippen LogP contribution in [0.15, 0.2) is 46.2 Å². The highest BCUT2D eigenvalue weighted by molar-refractivity contribution is 7.07. The zero-order valence-corrected chi connectivity index (χ0v) is 14.1. The summed E-state index contributed by atoms with van der Waals surface area (Å²) in [5, 5.41) is 16.0. The van der Waals surface area contributed by atoms with Crippen molar-refractivity contribution < 1.29 is 0 Å². The van der Waals surface area contributed by atoms with Gasteiger partial charge in [0.05, 0.1) is 0 Å². The fourth-order valence-corrected chi connectivity index (χ4v) is 3.12. The Kier molecular flexibility index (Phi) is 4.87. The Morgan fingerprint density at radius 2 is 2.26 bits per heavy atom. The molecule has 0 unspecified atom stereocenters. The topological polar surface area (TPSA) is 57.8 Å². The van der Waals surface area contributed by atoms with Crippen LogP contribution in [0.5, 0.6) is 0 Å². The fraction of sp³-hybridized carbons (Fsp3) is 0.312. The molecule has 6 nitrogen and oxygen atoms in total. The molecule has 0 bridgehead atoms. The number of aliphatic imine (C=N–C) groups is 1. The number of rotatable bonds is 5. The van der Waals surface area contributed by atoms with Crippen LogP contribution in [0, 0.1) is 0 Å². The lowest BCUT2D eigenvalue weighted by atomic mass is 10.3. The van der Waals surface area contributed by atoms with Gasteiger partial charge >= 0.3 is 0 Å². The molecular formula is C16H20N6S. The minimum Gasteiger partial charge on any atom is -0.356 e. The maximum absolute atomic E-state index is 4.34. The molecule has 23 heavy (non-hydrogen) atoms. The lowest BCUT2D eigenvalue weighted by Crippen LogP contribution is -2.39. The largest absolute Gasteiger partial charge is 0.356 e. The number of nitrogens with zero attached hydrogens (tertiary/aromatic N) is 5. The molecule has 1 N–H and O–H groups in total. The van der Waals surface area contributed by atoms with Gasteiger partial charge in [-0.05, 0) is 34.5 Å². The first-order valence-electron chi connectivity index (χ1n) is 7.49. The summed E-state index contributed by atoms with van der Waals surface area (Å²) < 4.78 is 2.01. The van der Waals surface area contributed by atoms with Crippen molar-refractivity contribution in [1.82, 2.24) is 24.8 Å². The van der Waals surface area contributed by atoms with E-state index in [0.29, 0.717) is 0 Å². The standard InChI is InChI=1S/C16H20N6S/c1-17-16(21(2)11-13-7-10-23-12-13)18-8-6-15-20-19-14-5-3-4-9-22(14)15/h3-5,7,9-10,12H,6,8,11H2,1-2H3,(H,17,18). The predicted molar refractivity (Wildman–Crippen MR) is 93.8 cm³/mol. The van der Waals surface area contributed by atoms with Crippen molar-refractivity contribution in [2.24, 2.45) is 4.99 Å². The van der Waals surface area contributed by atoms with Gasteiger partial charge in [-0.1, -0.05) is 6.07 Å². The number of aromatic nitrogens is 3. The molecule has 3 aromatic heterocycles. The molecule has 0 fully saturated rings. The molecule has 0 saturated heterocycles. The SMILES string of the molecule is CN=C(NCCc1nnc2ccccn12)N(C)Cc1ccsc1. The highest BCUT2D eigenvalue weighted by Gasteiger charge is 2.08. The van der Waals surface area contributed by atoms with Crippen LogP contribution in [0.2, 0.25) is 0 Å². The Morgan fingerprint density at radius 1 is 1.35 bits per heavy atom. The van der Waals surface area contributed by atoms with Crippen molar-refractivity contribution in [2.75, 3.05) is 20.6 Å². The van der Waals surface area contributed by atoms with Crippen molar-refractivity contribution in [3.63, 3.8) is 0 Å². The van der Waals surface area contributed by atoms with Gasteiger partial charge in [0.2, 0.25) is 0 Å². The van der Waals surface area contributed by atoms with E-state index in [1.54, 1.807) is 18.4 Å². The molecule has 0 saturated carbocycles. The molecule has 0 aliphatic heterocycles. The molecule has 0 atom stereocenters. The van der Waals surface area contributed by atoms with Crippen LogP contribution in [0.25, 0.3) is 5.65 Å². The van der Waals surface area contributed by atoms with Gasteiger partial charge in [0, 0.05) is 39.8 Å². The van der Waals surface area contributed by atoms with Crippen LogP contribution >= 0.6 is 11.3 Å². The van der Waals surface area contributed by atoms with E-state index in [9.17, 15) is 0 Å². The fourth-order valence-electron chi connectivity index (χ4n) is 2.46. The summed E-state index contributed by atoms with van der Waals surface area (Å²) in [7, 11) is 3.85. The molecule has 7 heteroatoms. The number of fused-ring (bicyclic) bond motifs is 1. The summed E-state index contributed by atoms with van der Waals surface area (Å²) in [6.07, 6.45) is 2.78. The Morgan fingerprint density at radius 3 is 3.04 bits per heavy atom. The zero-order valence-electron chi connectivity index (χ0n) is 13.3. The minimum absolute atomic E-state index is 0.760. The van der Waals surface area contributed by atoms with Crippen molar-refractivity contribution >= 4 is 22.9 Å². The zero-order chi connectivity index (χ0) is 16.1. The van der Waals surface area contributed by atoms with E-state index >= 15 is 0 Å². The van der Waals surface area contributed by atoms with Gasteiger partial charge < -0.3 is 10.2 Å². The maximum atomic E-state index is 4.34. The summed E-state index contributed by atoms with van der Waals surface area (Å²) in [6.45, 7) is 1.60. The lowest BCUT2D eigenvalue weighted by Gasteiger charge is -2.21. The van der Waals surface area contributed by atoms with E-state index in [2.05, 4.69) is 42.2 Å². The monoisotopic (exact) mass is 328 g/mol. The van der Waals surface area contributed by atoms with Gasteiger partial charge in [0.1, 0.15) is 5.82 Å². The summed E-state index contributed by atoms with van der Waals surface area (Å²) >= 11 is 1.71. The highest BCUT2D eigenvalue weighted by Crippen LogP contribution is 2.08. The molecule has 0 spiro atoms. The van der Waals surface area contributed by atoms with Crippen LogP contribution in [0.3, 0.4) is 0 Å². The van der Waals surface area contributed by atoms with Gasteiger partial charge in [-0.3, -0.25) is 9.39 Å². The van der Waals surface area contributed by atoms with Crippen molar-refractivity contribution in [3.05, 3.63) is 52.6 Å². The molecular weight excluding hydrogens is 308 g/mol. The minimum atomic E-state index is 0.760. The molecule has 0 radical (unpaired) electrons. The van der Waals surface area contributed by atoms with Gasteiger partial charge in [-0.2, -0.15) is 11.3 Å². The van der Waals surface area contributed by atoms with Crippen molar-refractivity contribution in [3.8, 4) is 0 Å². The number of thiophene rings is 1. The van der Waals surface area contributed by atoms with Crippen LogP contribution < -0.4 is 5.32 Å². The number of hydrogen-bond donors (Lipinski definition) is 1. The Bertz CT molecular complexity index is 777. The van der Waals surface area contributed by atoms with E-state index in [1.807, 2.05) is 35.8 Å². The molecule has 3 rings (SSSR count). The number of pyridine rings is 1. The summed E-state index contributed by atoms with van der Waals surface area (Å²) in [5.41, 5.74) is 2.17. The van der Waals surface area contributed by atoms with Crippen LogP contribution in [-0.4, -0.2) is 46.1 Å². The van der Waals surface area contributed by atoms with Gasteiger partial charge in [-0.15, -0.1) is 10.2 Å². The molecule has 0 aromatic carbocycles. The molecule has 0 aliphatic rings. The Balaban J connectivity index is 1.56. The molecule has 0 aliphatic carbocycles. The third-order valence-corrected chi connectivity index (χ3v) is 4.32. The number of guanidine groups is 1. The first-order valence-corrected chi connectivity index (χ1v) is 8.43. The average Bonchev–Trinajstić information content (AvgIpc) is 3.21. The van der Waals surface area contributed by atoms with E-state index in [4.69, 9.17) is 0 Å². The van der Waals surface area contributed by atoms with Gasteiger partial charge in [0.25, 0.3) is 0 Å². The quantitative estimate of drug-likeness (QED) is 0.575. The second kappa shape index (κ2) is 7.23. The second-order valence-electron chi connectivity index (χ2n) is 5.26. The van der Waals surface area contributed by atoms with Crippen LogP contribution in [-0.2, 0) is 13.0 Å². The van der Waals surface area contributed by atoms with Crippen LogP contribution in [0.4, 0.5) is 0 Å². The highest BCUT2D eigenvalue weighted by atomic mass is 32.1. The number of hydrogen-bond acceptors (Lipinski definition) is 4. The van der Waals surface area contributed by atoms with E-state index in [0.717, 1.165) is 36.9 Å². The summed E-state index contributed by atoms with van der Waals surface area (Å²) in [6, 6.07) is 8.04. The summed E-state index contributed by atoms with van der Waals surface area (Å²) in [4.78, 5) is 6.46. The van der Waals surface area contributed by atoms with E-state index in [-0.39, 0.29) is 0 Å². The van der Waals surface area contributed by atoms with Crippen molar-refractivity contribution in [2.45, 2.75) is 13.0 Å². The van der Waals surface area contributed by atoms with Crippen molar-refractivity contribution in [1.29, 1.82) is 0 Å². The first kappa shape index (κ1) is 15.5. The summed E-state index contributed by atoms with van der Waals surface area (Å²) in [5.74, 6) is 1.83. The Labute approximate surface area is 139 Å². The third-order valence-electron chi connectivity index (χ3n) is 3.59. The first-order chi connectivity index (χ1) is 11.3. The van der Waals surface area contributed by atoms with E-state index in [1.165, 1.54) is 5.56 Å². The van der Waals surface area contributed by atoms with Crippen LogP contribution in [0.1, 0.15) is 11.4 Å². The molecule has 120 valence electrons. The second-order valence-corrected chi connectivity index (χ2v) is 6.04.